The lowest BCUT2D eigenvalue weighted by Crippen LogP contribution is -2.07. The minimum atomic E-state index is -0.409. The van der Waals surface area contributed by atoms with Crippen molar-refractivity contribution in [2.45, 2.75) is 6.92 Å². The van der Waals surface area contributed by atoms with Crippen LogP contribution >= 0.6 is 0 Å². The molecule has 26 heavy (non-hydrogen) atoms. The molecule has 3 aromatic rings. The Morgan fingerprint density at radius 3 is 2.23 bits per heavy atom. The van der Waals surface area contributed by atoms with Gasteiger partial charge in [0.2, 0.25) is 5.91 Å². The summed E-state index contributed by atoms with van der Waals surface area (Å²) in [6, 6.07) is 13.3. The number of amides is 1. The van der Waals surface area contributed by atoms with E-state index < -0.39 is 5.82 Å². The molecule has 2 aromatic carbocycles. The van der Waals surface area contributed by atoms with Gasteiger partial charge in [-0.05, 0) is 36.4 Å². The van der Waals surface area contributed by atoms with E-state index in [-0.39, 0.29) is 17.3 Å². The number of rotatable bonds is 5. The summed E-state index contributed by atoms with van der Waals surface area (Å²) in [5.41, 5.74) is 8.02. The second kappa shape index (κ2) is 7.47. The molecular formula is C18H17FN6O. The summed E-state index contributed by atoms with van der Waals surface area (Å²) >= 11 is 0. The van der Waals surface area contributed by atoms with Crippen LogP contribution in [-0.2, 0) is 4.79 Å². The molecule has 7 nitrogen and oxygen atoms in total. The van der Waals surface area contributed by atoms with E-state index in [1.165, 1.54) is 19.3 Å². The van der Waals surface area contributed by atoms with Crippen molar-refractivity contribution in [2.75, 3.05) is 21.7 Å². The van der Waals surface area contributed by atoms with E-state index in [9.17, 15) is 9.18 Å². The standard InChI is InChI=1S/C18H17FN6O/c1-11(26)23-12-6-8-13(9-7-12)24-17-16(20)18(22-10-21-17)25-15-5-3-2-4-14(15)19/h2-10H,20H2,1H3,(H,23,26)(H2,21,22,24,25). The summed E-state index contributed by atoms with van der Waals surface area (Å²) in [4.78, 5) is 19.2. The third-order valence-electron chi connectivity index (χ3n) is 3.48. The lowest BCUT2D eigenvalue weighted by atomic mass is 10.2. The number of aromatic nitrogens is 2. The third-order valence-corrected chi connectivity index (χ3v) is 3.48. The molecule has 0 radical (unpaired) electrons. The zero-order chi connectivity index (χ0) is 18.5. The number of hydrogen-bond acceptors (Lipinski definition) is 6. The van der Waals surface area contributed by atoms with Gasteiger partial charge in [0.05, 0.1) is 5.69 Å². The molecule has 5 N–H and O–H groups in total. The molecule has 0 aliphatic rings. The Kier molecular flexibility index (Phi) is 4.93. The molecule has 0 bridgehead atoms. The molecule has 0 fully saturated rings. The lowest BCUT2D eigenvalue weighted by Gasteiger charge is -2.13. The van der Waals surface area contributed by atoms with Crippen molar-refractivity contribution in [3.05, 3.63) is 60.7 Å². The number of nitrogen functional groups attached to an aromatic ring is 1. The molecule has 1 amide bonds. The van der Waals surface area contributed by atoms with Crippen molar-refractivity contribution in [2.24, 2.45) is 0 Å². The van der Waals surface area contributed by atoms with Crippen LogP contribution in [0, 0.1) is 5.82 Å². The highest BCUT2D eigenvalue weighted by atomic mass is 19.1. The average molecular weight is 352 g/mol. The summed E-state index contributed by atoms with van der Waals surface area (Å²) < 4.78 is 13.8. The number of para-hydroxylation sites is 1. The fourth-order valence-electron chi connectivity index (χ4n) is 2.26. The van der Waals surface area contributed by atoms with Gasteiger partial charge in [-0.3, -0.25) is 4.79 Å². The van der Waals surface area contributed by atoms with E-state index in [1.54, 1.807) is 42.5 Å². The highest BCUT2D eigenvalue weighted by molar-refractivity contribution is 5.89. The first kappa shape index (κ1) is 17.2. The van der Waals surface area contributed by atoms with Crippen LogP contribution in [0.4, 0.5) is 38.8 Å². The van der Waals surface area contributed by atoms with Crippen LogP contribution in [0.25, 0.3) is 0 Å². The van der Waals surface area contributed by atoms with Gasteiger partial charge in [0, 0.05) is 18.3 Å². The molecule has 0 atom stereocenters. The molecule has 8 heteroatoms. The number of carbonyl (C=O) groups is 1. The molecule has 3 rings (SSSR count). The van der Waals surface area contributed by atoms with E-state index in [1.807, 2.05) is 0 Å². The predicted octanol–water partition coefficient (Wildman–Crippen LogP) is 3.64. The SMILES string of the molecule is CC(=O)Nc1ccc(Nc2ncnc(Nc3ccccc3F)c2N)cc1. The fraction of sp³-hybridized carbons (Fsp3) is 0.0556. The quantitative estimate of drug-likeness (QED) is 0.559. The van der Waals surface area contributed by atoms with Gasteiger partial charge in [0.25, 0.3) is 0 Å². The zero-order valence-corrected chi connectivity index (χ0v) is 14.0. The normalized spacial score (nSPS) is 10.2. The molecule has 0 aliphatic heterocycles. The number of benzene rings is 2. The van der Waals surface area contributed by atoms with E-state index in [0.717, 1.165) is 5.69 Å². The Hall–Kier alpha value is -3.68. The van der Waals surface area contributed by atoms with Gasteiger partial charge >= 0.3 is 0 Å². The smallest absolute Gasteiger partial charge is 0.221 e. The monoisotopic (exact) mass is 352 g/mol. The minimum absolute atomic E-state index is 0.144. The van der Waals surface area contributed by atoms with Gasteiger partial charge in [-0.1, -0.05) is 12.1 Å². The zero-order valence-electron chi connectivity index (χ0n) is 14.0. The van der Waals surface area contributed by atoms with Gasteiger partial charge in [-0.2, -0.15) is 0 Å². The summed E-state index contributed by atoms with van der Waals surface area (Å²) in [6.45, 7) is 1.44. The van der Waals surface area contributed by atoms with E-state index in [0.29, 0.717) is 17.3 Å². The fourth-order valence-corrected chi connectivity index (χ4v) is 2.26. The number of nitrogens with zero attached hydrogens (tertiary/aromatic N) is 2. The highest BCUT2D eigenvalue weighted by Gasteiger charge is 2.10. The molecule has 0 unspecified atom stereocenters. The van der Waals surface area contributed by atoms with E-state index in [2.05, 4.69) is 25.9 Å². The molecule has 0 spiro atoms. The first-order valence-electron chi connectivity index (χ1n) is 7.79. The Morgan fingerprint density at radius 1 is 0.962 bits per heavy atom. The largest absolute Gasteiger partial charge is 0.393 e. The molecule has 1 heterocycles. The van der Waals surface area contributed by atoms with E-state index in [4.69, 9.17) is 5.73 Å². The van der Waals surface area contributed by atoms with Gasteiger partial charge < -0.3 is 21.7 Å². The Bertz CT molecular complexity index is 929. The van der Waals surface area contributed by atoms with Gasteiger partial charge in [0.1, 0.15) is 17.8 Å². The second-order valence-corrected chi connectivity index (χ2v) is 5.47. The Labute approximate surface area is 149 Å². The number of hydrogen-bond donors (Lipinski definition) is 4. The summed E-state index contributed by atoms with van der Waals surface area (Å²) in [5, 5.41) is 8.62. The number of nitrogens with two attached hydrogens (primary N) is 1. The Balaban J connectivity index is 1.79. The van der Waals surface area contributed by atoms with Crippen molar-refractivity contribution >= 4 is 40.3 Å². The van der Waals surface area contributed by atoms with Crippen LogP contribution in [0.2, 0.25) is 0 Å². The third kappa shape index (κ3) is 4.04. The van der Waals surface area contributed by atoms with Gasteiger partial charge in [-0.25, -0.2) is 14.4 Å². The van der Waals surface area contributed by atoms with Crippen LogP contribution in [-0.4, -0.2) is 15.9 Å². The van der Waals surface area contributed by atoms with Gasteiger partial charge in [-0.15, -0.1) is 0 Å². The van der Waals surface area contributed by atoms with Crippen molar-refractivity contribution in [1.82, 2.24) is 9.97 Å². The van der Waals surface area contributed by atoms with Crippen LogP contribution in [0.5, 0.6) is 0 Å². The first-order valence-corrected chi connectivity index (χ1v) is 7.79. The van der Waals surface area contributed by atoms with Crippen LogP contribution in [0.3, 0.4) is 0 Å². The van der Waals surface area contributed by atoms with E-state index >= 15 is 0 Å². The maximum absolute atomic E-state index is 13.8. The number of nitrogens with one attached hydrogen (secondary N) is 3. The van der Waals surface area contributed by atoms with Gasteiger partial charge in [0.15, 0.2) is 11.6 Å². The van der Waals surface area contributed by atoms with Crippen molar-refractivity contribution in [1.29, 1.82) is 0 Å². The van der Waals surface area contributed by atoms with Crippen LogP contribution in [0.15, 0.2) is 54.9 Å². The number of carbonyl (C=O) groups excluding carboxylic acids is 1. The van der Waals surface area contributed by atoms with Crippen LogP contribution < -0.4 is 21.7 Å². The maximum atomic E-state index is 13.8. The molecule has 0 saturated heterocycles. The number of anilines is 6. The second-order valence-electron chi connectivity index (χ2n) is 5.47. The number of halogens is 1. The maximum Gasteiger partial charge on any atom is 0.221 e. The summed E-state index contributed by atoms with van der Waals surface area (Å²) in [5.74, 6) is 0.122. The topological polar surface area (TPSA) is 105 Å². The average Bonchev–Trinajstić information content (AvgIpc) is 2.61. The molecule has 0 saturated carbocycles. The molecule has 132 valence electrons. The molecule has 0 aliphatic carbocycles. The molecular weight excluding hydrogens is 335 g/mol. The summed E-state index contributed by atoms with van der Waals surface area (Å²) in [6.07, 6.45) is 1.33. The molecule has 1 aromatic heterocycles. The summed E-state index contributed by atoms with van der Waals surface area (Å²) in [7, 11) is 0. The minimum Gasteiger partial charge on any atom is -0.393 e. The Morgan fingerprint density at radius 2 is 1.58 bits per heavy atom. The lowest BCUT2D eigenvalue weighted by molar-refractivity contribution is -0.114. The highest BCUT2D eigenvalue weighted by Crippen LogP contribution is 2.29. The van der Waals surface area contributed by atoms with Crippen molar-refractivity contribution in [3.8, 4) is 0 Å². The predicted molar refractivity (Wildman–Crippen MR) is 100 cm³/mol. The van der Waals surface area contributed by atoms with Crippen LogP contribution in [0.1, 0.15) is 6.92 Å². The van der Waals surface area contributed by atoms with Crippen molar-refractivity contribution in [3.63, 3.8) is 0 Å². The van der Waals surface area contributed by atoms with Crippen molar-refractivity contribution < 1.29 is 9.18 Å². The first-order chi connectivity index (χ1) is 12.5.